The third kappa shape index (κ3) is 59.9. The first kappa shape index (κ1) is 76.5. The monoisotopic (exact) mass is 1130 g/mol. The lowest BCUT2D eigenvalue weighted by Gasteiger charge is -2.27. The maximum Gasteiger partial charge on any atom is 0.472 e. The van der Waals surface area contributed by atoms with Crippen LogP contribution in [0.25, 0.3) is 0 Å². The molecule has 2 N–H and O–H groups in total. The van der Waals surface area contributed by atoms with E-state index >= 15 is 0 Å². The number of rotatable bonds is 60. The van der Waals surface area contributed by atoms with E-state index in [9.17, 15) is 19.0 Å². The van der Waals surface area contributed by atoms with Gasteiger partial charge in [-0.2, -0.15) is 0 Å². The number of nitrogens with zero attached hydrogens (tertiary/aromatic N) is 1. The van der Waals surface area contributed by atoms with Gasteiger partial charge in [0.25, 0.3) is 0 Å². The van der Waals surface area contributed by atoms with Gasteiger partial charge in [-0.25, -0.2) is 4.57 Å². The molecule has 79 heavy (non-hydrogen) atoms. The Morgan fingerprint density at radius 2 is 0.772 bits per heavy atom. The molecule has 0 aliphatic heterocycles. The van der Waals surface area contributed by atoms with Gasteiger partial charge in [-0.3, -0.25) is 18.6 Å². The summed E-state index contributed by atoms with van der Waals surface area (Å²) < 4.78 is 30.8. The Bertz CT molecular complexity index is 1580. The smallest absolute Gasteiger partial charge is 0.456 e. The van der Waals surface area contributed by atoms with E-state index in [1.165, 1.54) is 180 Å². The summed E-state index contributed by atoms with van der Waals surface area (Å²) in [6.07, 6.45) is 76.1. The largest absolute Gasteiger partial charge is 0.472 e. The van der Waals surface area contributed by atoms with Crippen LogP contribution in [0.2, 0.25) is 0 Å². The number of carbonyl (C=O) groups excluding carboxylic acids is 2. The molecule has 9 nitrogen and oxygen atoms in total. The van der Waals surface area contributed by atoms with Crippen LogP contribution in [0.1, 0.15) is 303 Å². The molecule has 10 heteroatoms. The number of amides is 1. The van der Waals surface area contributed by atoms with Gasteiger partial charge >= 0.3 is 13.8 Å². The van der Waals surface area contributed by atoms with Crippen LogP contribution in [0.3, 0.4) is 0 Å². The van der Waals surface area contributed by atoms with E-state index < -0.39 is 20.0 Å². The summed E-state index contributed by atoms with van der Waals surface area (Å²) in [5, 5.41) is 3.06. The molecule has 1 amide bonds. The maximum atomic E-state index is 13.6. The lowest BCUT2D eigenvalue weighted by molar-refractivity contribution is -0.870. The molecule has 0 heterocycles. The Hall–Kier alpha value is -2.55. The van der Waals surface area contributed by atoms with Crippen molar-refractivity contribution >= 4 is 19.7 Å². The first-order valence-electron chi connectivity index (χ1n) is 33.3. The predicted octanol–water partition coefficient (Wildman–Crippen LogP) is 20.8. The molecule has 0 bridgehead atoms. The van der Waals surface area contributed by atoms with E-state index in [-0.39, 0.29) is 31.5 Å². The van der Waals surface area contributed by atoms with E-state index in [0.29, 0.717) is 17.4 Å². The number of phosphoric acid groups is 1. The molecule has 0 fully saturated rings. The van der Waals surface area contributed by atoms with Crippen molar-refractivity contribution < 1.29 is 37.3 Å². The topological polar surface area (TPSA) is 111 Å². The molecule has 0 spiro atoms. The average Bonchev–Trinajstić information content (AvgIpc) is 3.41. The third-order valence-corrected chi connectivity index (χ3v) is 15.6. The summed E-state index contributed by atoms with van der Waals surface area (Å²) in [5.41, 5.74) is 0. The molecule has 0 aliphatic carbocycles. The Morgan fingerprint density at radius 1 is 0.443 bits per heavy atom. The lowest BCUT2D eigenvalue weighted by atomic mass is 10.0. The van der Waals surface area contributed by atoms with Gasteiger partial charge in [0.05, 0.1) is 33.8 Å². The van der Waals surface area contributed by atoms with Crippen LogP contribution in [0.4, 0.5) is 0 Å². The fourth-order valence-electron chi connectivity index (χ4n) is 9.45. The molecule has 3 atom stereocenters. The minimum Gasteiger partial charge on any atom is -0.456 e. The highest BCUT2D eigenvalue weighted by molar-refractivity contribution is 7.47. The molecule has 0 aromatic carbocycles. The molecular formula is C69H128N2O7P+. The summed E-state index contributed by atoms with van der Waals surface area (Å²) in [7, 11) is 1.49. The van der Waals surface area contributed by atoms with Crippen LogP contribution in [-0.4, -0.2) is 74.3 Å². The zero-order valence-corrected chi connectivity index (χ0v) is 53.5. The van der Waals surface area contributed by atoms with Gasteiger partial charge in [-0.15, -0.1) is 0 Å². The number of phosphoric ester groups is 1. The summed E-state index contributed by atoms with van der Waals surface area (Å²) in [4.78, 5) is 37.8. The molecule has 0 aromatic rings. The summed E-state index contributed by atoms with van der Waals surface area (Å²) >= 11 is 0. The second kappa shape index (κ2) is 58.6. The van der Waals surface area contributed by atoms with Gasteiger partial charge in [0.1, 0.15) is 19.3 Å². The Balaban J connectivity index is 5.20. The average molecular weight is 1130 g/mol. The van der Waals surface area contributed by atoms with E-state index in [4.69, 9.17) is 13.8 Å². The fraction of sp³-hybridized carbons (Fsp3) is 0.797. The van der Waals surface area contributed by atoms with Gasteiger partial charge in [0, 0.05) is 12.8 Å². The van der Waals surface area contributed by atoms with Crippen molar-refractivity contribution in [3.8, 4) is 0 Å². The maximum absolute atomic E-state index is 13.6. The van der Waals surface area contributed by atoms with Crippen molar-refractivity contribution in [2.75, 3.05) is 40.9 Å². The van der Waals surface area contributed by atoms with Crippen LogP contribution < -0.4 is 5.32 Å². The van der Waals surface area contributed by atoms with Gasteiger partial charge in [-0.05, 0) is 102 Å². The second-order valence-electron chi connectivity index (χ2n) is 23.6. The third-order valence-electron chi connectivity index (χ3n) is 14.6. The zero-order chi connectivity index (χ0) is 57.9. The van der Waals surface area contributed by atoms with E-state index in [0.717, 1.165) is 89.9 Å². The molecule has 0 aliphatic rings. The molecule has 0 saturated heterocycles. The second-order valence-corrected chi connectivity index (χ2v) is 25.1. The van der Waals surface area contributed by atoms with Crippen molar-refractivity contribution in [2.24, 2.45) is 0 Å². The standard InChI is InChI=1S/C69H127N2O7P/c1-7-10-13-16-19-22-25-28-30-32-33-34-35-36-37-39-41-44-47-50-53-56-59-62-69(73)78-67(60-57-54-51-48-45-42-27-24-21-18-15-12-9-3)66(65-77-79(74,75)76-64-63-71(4,5)6)70-68(72)61-58-55-52-49-46-43-40-38-31-29-26-23-20-17-14-11-8-2/h19-20,22-23,28-31,33-34,57,60,66-67H,7-18,21,24-27,32,35-56,58-59,61-65H2,1-6H3,(H-,70,72,74,75)/p+1/b22-19-,23-20-,30-28-,31-29-,34-33-,60-57-. The normalized spacial score (nSPS) is 14.1. The van der Waals surface area contributed by atoms with Gasteiger partial charge in [0.15, 0.2) is 0 Å². The number of quaternary nitrogens is 1. The number of unbranched alkanes of at least 4 members (excludes halogenated alkanes) is 34. The van der Waals surface area contributed by atoms with Crippen LogP contribution in [0.5, 0.6) is 0 Å². The van der Waals surface area contributed by atoms with Crippen LogP contribution in [-0.2, 0) is 27.9 Å². The SMILES string of the molecule is CCCCC/C=C\C/C=C\C/C=C\CCCCCCCCCCCCC(=O)OC(/C=C\CCCCCCCCCCCCC)C(COP(=O)(O)OCC[N+](C)(C)C)NC(=O)CCCCCCCCC/C=C\C/C=C\CCCCC. The first-order chi connectivity index (χ1) is 38.4. The van der Waals surface area contributed by atoms with E-state index in [2.05, 4.69) is 86.8 Å². The quantitative estimate of drug-likeness (QED) is 0.0205. The summed E-state index contributed by atoms with van der Waals surface area (Å²) in [6, 6.07) is -0.857. The Morgan fingerprint density at radius 3 is 1.18 bits per heavy atom. The van der Waals surface area contributed by atoms with Crippen LogP contribution >= 0.6 is 7.82 Å². The lowest BCUT2D eigenvalue weighted by Crippen LogP contribution is -2.47. The van der Waals surface area contributed by atoms with E-state index in [1.807, 2.05) is 33.3 Å². The Labute approximate surface area is 489 Å². The number of nitrogens with one attached hydrogen (secondary N) is 1. The highest BCUT2D eigenvalue weighted by Gasteiger charge is 2.30. The number of carbonyl (C=O) groups is 2. The predicted molar refractivity (Wildman–Crippen MR) is 341 cm³/mol. The van der Waals surface area contributed by atoms with Crippen LogP contribution in [0.15, 0.2) is 72.9 Å². The summed E-state index contributed by atoms with van der Waals surface area (Å²) in [5.74, 6) is -0.513. The molecule has 3 unspecified atom stereocenters. The number of ether oxygens (including phenoxy) is 1. The first-order valence-corrected chi connectivity index (χ1v) is 34.8. The number of hydrogen-bond donors (Lipinski definition) is 2. The van der Waals surface area contributed by atoms with Crippen molar-refractivity contribution in [3.63, 3.8) is 0 Å². The zero-order valence-electron chi connectivity index (χ0n) is 52.6. The molecule has 0 radical (unpaired) electrons. The van der Waals surface area contributed by atoms with Crippen molar-refractivity contribution in [1.29, 1.82) is 0 Å². The molecule has 0 aromatic heterocycles. The number of hydrogen-bond acceptors (Lipinski definition) is 6. The number of esters is 1. The minimum absolute atomic E-state index is 0.0362. The highest BCUT2D eigenvalue weighted by atomic mass is 31.2. The fourth-order valence-corrected chi connectivity index (χ4v) is 10.2. The van der Waals surface area contributed by atoms with E-state index in [1.54, 1.807) is 0 Å². The molecule has 0 saturated carbocycles. The van der Waals surface area contributed by atoms with Gasteiger partial charge in [0.2, 0.25) is 5.91 Å². The number of allylic oxidation sites excluding steroid dienone is 11. The Kier molecular flexibility index (Phi) is 56.7. The van der Waals surface area contributed by atoms with Gasteiger partial charge < -0.3 is 19.4 Å². The van der Waals surface area contributed by atoms with Crippen LogP contribution in [0, 0.1) is 0 Å². The number of likely N-dealkylation sites (N-methyl/N-ethyl adjacent to an activating group) is 1. The van der Waals surface area contributed by atoms with Crippen molar-refractivity contribution in [2.45, 2.75) is 315 Å². The highest BCUT2D eigenvalue weighted by Crippen LogP contribution is 2.43. The minimum atomic E-state index is -4.46. The molecule has 460 valence electrons. The van der Waals surface area contributed by atoms with Gasteiger partial charge in [-0.1, -0.05) is 261 Å². The van der Waals surface area contributed by atoms with Crippen molar-refractivity contribution in [1.82, 2.24) is 5.32 Å². The molecular weight excluding hydrogens is 1000 g/mol. The van der Waals surface area contributed by atoms with Crippen molar-refractivity contribution in [3.05, 3.63) is 72.9 Å². The summed E-state index contributed by atoms with van der Waals surface area (Å²) in [6.45, 7) is 6.97. The molecule has 0 rings (SSSR count).